The second-order valence-electron chi connectivity index (χ2n) is 14.1. The minimum atomic E-state index is 0.121. The molecule has 0 saturated carbocycles. The highest BCUT2D eigenvalue weighted by molar-refractivity contribution is 4.64. The van der Waals surface area contributed by atoms with Crippen LogP contribution in [-0.2, 0) is 14.2 Å². The van der Waals surface area contributed by atoms with Gasteiger partial charge in [0.25, 0.3) is 0 Å². The molecule has 0 rings (SSSR count). The summed E-state index contributed by atoms with van der Waals surface area (Å²) in [5.74, 6) is 1.43. The van der Waals surface area contributed by atoms with Crippen LogP contribution in [0.15, 0.2) is 0 Å². The molecule has 0 aliphatic rings. The Morgan fingerprint density at radius 3 is 0.860 bits per heavy atom. The summed E-state index contributed by atoms with van der Waals surface area (Å²) in [5, 5.41) is 0. The van der Waals surface area contributed by atoms with Crippen LogP contribution in [0.4, 0.5) is 0 Å². The van der Waals surface area contributed by atoms with Crippen molar-refractivity contribution in [2.45, 2.75) is 221 Å². The lowest BCUT2D eigenvalue weighted by atomic mass is 9.95. The molecule has 0 heterocycles. The Morgan fingerprint density at radius 1 is 0.326 bits per heavy atom. The Labute approximate surface area is 272 Å². The minimum absolute atomic E-state index is 0.121. The molecule has 0 saturated heterocycles. The Morgan fingerprint density at radius 2 is 0.581 bits per heavy atom. The summed E-state index contributed by atoms with van der Waals surface area (Å²) in [6.45, 7) is 16.7. The first kappa shape index (κ1) is 42.9. The van der Waals surface area contributed by atoms with Gasteiger partial charge in [-0.05, 0) is 51.4 Å². The van der Waals surface area contributed by atoms with E-state index in [-0.39, 0.29) is 12.2 Å². The highest BCUT2D eigenvalue weighted by atomic mass is 16.6. The average Bonchev–Trinajstić information content (AvgIpc) is 2.99. The second-order valence-corrected chi connectivity index (χ2v) is 14.1. The van der Waals surface area contributed by atoms with Crippen molar-refractivity contribution in [1.29, 1.82) is 0 Å². The SMILES string of the molecule is CCCCCCCCC(CCCCCCC)COCC(C)OC(C)COCC(CCCCCCC)CCCCCCCC. The zero-order chi connectivity index (χ0) is 31.6. The first-order chi connectivity index (χ1) is 21.1. The largest absolute Gasteiger partial charge is 0.378 e. The zero-order valence-electron chi connectivity index (χ0n) is 30.7. The monoisotopic (exact) mass is 611 g/mol. The molecule has 0 aromatic rings. The van der Waals surface area contributed by atoms with Crippen molar-refractivity contribution in [3.05, 3.63) is 0 Å². The molecule has 0 radical (unpaired) electrons. The van der Waals surface area contributed by atoms with Gasteiger partial charge >= 0.3 is 0 Å². The van der Waals surface area contributed by atoms with Crippen LogP contribution in [-0.4, -0.2) is 38.6 Å². The van der Waals surface area contributed by atoms with Gasteiger partial charge in [-0.3, -0.25) is 0 Å². The molecule has 3 nitrogen and oxygen atoms in total. The van der Waals surface area contributed by atoms with Gasteiger partial charge in [0.2, 0.25) is 0 Å². The maximum absolute atomic E-state index is 6.29. The van der Waals surface area contributed by atoms with Gasteiger partial charge in [-0.25, -0.2) is 0 Å². The third kappa shape index (κ3) is 31.6. The van der Waals surface area contributed by atoms with Crippen LogP contribution in [0.5, 0.6) is 0 Å². The Hall–Kier alpha value is -0.120. The van der Waals surface area contributed by atoms with E-state index in [1.807, 2.05) is 0 Å². The van der Waals surface area contributed by atoms with Crippen molar-refractivity contribution in [3.8, 4) is 0 Å². The molecule has 0 amide bonds. The smallest absolute Gasteiger partial charge is 0.0785 e. The summed E-state index contributed by atoms with van der Waals surface area (Å²) in [6.07, 6.45) is 35.9. The topological polar surface area (TPSA) is 27.7 Å². The van der Waals surface area contributed by atoms with Gasteiger partial charge in [-0.2, -0.15) is 0 Å². The number of ether oxygens (including phenoxy) is 3. The minimum Gasteiger partial charge on any atom is -0.378 e. The van der Waals surface area contributed by atoms with Crippen molar-refractivity contribution in [2.24, 2.45) is 11.8 Å². The van der Waals surface area contributed by atoms with Crippen LogP contribution in [0.1, 0.15) is 208 Å². The number of hydrogen-bond donors (Lipinski definition) is 0. The maximum atomic E-state index is 6.29. The molecule has 0 aliphatic heterocycles. The molecule has 4 unspecified atom stereocenters. The van der Waals surface area contributed by atoms with E-state index in [9.17, 15) is 0 Å². The van der Waals surface area contributed by atoms with Crippen LogP contribution in [0.25, 0.3) is 0 Å². The molecule has 3 heteroatoms. The van der Waals surface area contributed by atoms with Crippen molar-refractivity contribution < 1.29 is 14.2 Å². The van der Waals surface area contributed by atoms with E-state index in [0.29, 0.717) is 25.0 Å². The molecule has 0 fully saturated rings. The third-order valence-electron chi connectivity index (χ3n) is 9.24. The predicted octanol–water partition coefficient (Wildman–Crippen LogP) is 13.3. The predicted molar refractivity (Wildman–Crippen MR) is 191 cm³/mol. The van der Waals surface area contributed by atoms with Crippen molar-refractivity contribution >= 4 is 0 Å². The number of hydrogen-bond acceptors (Lipinski definition) is 3. The third-order valence-corrected chi connectivity index (χ3v) is 9.24. The summed E-state index contributed by atoms with van der Waals surface area (Å²) in [5.41, 5.74) is 0. The summed E-state index contributed by atoms with van der Waals surface area (Å²) in [6, 6.07) is 0. The molecule has 0 aromatic carbocycles. The van der Waals surface area contributed by atoms with Crippen molar-refractivity contribution in [3.63, 3.8) is 0 Å². The van der Waals surface area contributed by atoms with Gasteiger partial charge < -0.3 is 14.2 Å². The molecule has 0 aromatic heterocycles. The van der Waals surface area contributed by atoms with E-state index < -0.39 is 0 Å². The second kappa shape index (κ2) is 34.7. The summed E-state index contributed by atoms with van der Waals surface area (Å²) < 4.78 is 18.8. The average molecular weight is 611 g/mol. The lowest BCUT2D eigenvalue weighted by Crippen LogP contribution is -2.27. The first-order valence-corrected chi connectivity index (χ1v) is 19.9. The van der Waals surface area contributed by atoms with E-state index in [1.165, 1.54) is 167 Å². The number of rotatable bonds is 36. The van der Waals surface area contributed by atoms with Gasteiger partial charge in [-0.15, -0.1) is 0 Å². The van der Waals surface area contributed by atoms with E-state index in [1.54, 1.807) is 0 Å². The fourth-order valence-corrected chi connectivity index (χ4v) is 6.40. The van der Waals surface area contributed by atoms with Crippen LogP contribution in [0.2, 0.25) is 0 Å². The maximum Gasteiger partial charge on any atom is 0.0785 e. The zero-order valence-corrected chi connectivity index (χ0v) is 30.7. The van der Waals surface area contributed by atoms with Crippen LogP contribution >= 0.6 is 0 Å². The standard InChI is InChI=1S/C40H82O3/c1-7-11-15-19-23-27-31-39(29-25-21-17-13-9-3)35-41-33-37(5)43-38(6)34-42-36-40(30-26-22-18-14-10-4)32-28-24-20-16-12-8-2/h37-40H,7-36H2,1-6H3. The normalized spacial score (nSPS) is 14.7. The Bertz CT molecular complexity index is 466. The molecular weight excluding hydrogens is 528 g/mol. The van der Waals surface area contributed by atoms with E-state index >= 15 is 0 Å². The van der Waals surface area contributed by atoms with Crippen LogP contribution in [0.3, 0.4) is 0 Å². The lowest BCUT2D eigenvalue weighted by Gasteiger charge is -2.23. The van der Waals surface area contributed by atoms with Crippen molar-refractivity contribution in [1.82, 2.24) is 0 Å². The van der Waals surface area contributed by atoms with E-state index in [4.69, 9.17) is 14.2 Å². The van der Waals surface area contributed by atoms with Gasteiger partial charge in [0.05, 0.1) is 25.4 Å². The molecule has 4 atom stereocenters. The van der Waals surface area contributed by atoms with Gasteiger partial charge in [0.1, 0.15) is 0 Å². The Balaban J connectivity index is 4.33. The van der Waals surface area contributed by atoms with Crippen LogP contribution in [0, 0.1) is 11.8 Å². The molecule has 0 N–H and O–H groups in total. The number of unbranched alkanes of at least 4 members (excludes halogenated alkanes) is 18. The summed E-state index contributed by atoms with van der Waals surface area (Å²) in [7, 11) is 0. The van der Waals surface area contributed by atoms with Gasteiger partial charge in [0, 0.05) is 13.2 Å². The molecule has 0 spiro atoms. The first-order valence-electron chi connectivity index (χ1n) is 19.9. The fraction of sp³-hybridized carbons (Fsp3) is 1.00. The van der Waals surface area contributed by atoms with Gasteiger partial charge in [-0.1, -0.05) is 169 Å². The van der Waals surface area contributed by atoms with Crippen LogP contribution < -0.4 is 0 Å². The van der Waals surface area contributed by atoms with Crippen molar-refractivity contribution in [2.75, 3.05) is 26.4 Å². The quantitative estimate of drug-likeness (QED) is 0.0660. The van der Waals surface area contributed by atoms with E-state index in [0.717, 1.165) is 13.2 Å². The summed E-state index contributed by atoms with van der Waals surface area (Å²) in [4.78, 5) is 0. The van der Waals surface area contributed by atoms with E-state index in [2.05, 4.69) is 41.5 Å². The summed E-state index contributed by atoms with van der Waals surface area (Å²) >= 11 is 0. The Kier molecular flexibility index (Phi) is 34.7. The molecular formula is C40H82O3. The fourth-order valence-electron chi connectivity index (χ4n) is 6.40. The molecule has 0 aliphatic carbocycles. The molecule has 43 heavy (non-hydrogen) atoms. The highest BCUT2D eigenvalue weighted by Gasteiger charge is 2.14. The highest BCUT2D eigenvalue weighted by Crippen LogP contribution is 2.21. The lowest BCUT2D eigenvalue weighted by molar-refractivity contribution is -0.0781. The van der Waals surface area contributed by atoms with Gasteiger partial charge in [0.15, 0.2) is 0 Å². The molecule has 0 bridgehead atoms. The molecule has 260 valence electrons.